The second-order valence-corrected chi connectivity index (χ2v) is 5.27. The molecular formula is C16H21N5O. The summed E-state index contributed by atoms with van der Waals surface area (Å²) in [5, 5.41) is 7.29. The van der Waals surface area contributed by atoms with Crippen LogP contribution in [-0.4, -0.2) is 46.2 Å². The number of rotatable bonds is 6. The molecule has 2 aromatic heterocycles. The molecule has 0 aliphatic heterocycles. The lowest BCUT2D eigenvalue weighted by Gasteiger charge is -2.05. The average molecular weight is 299 g/mol. The van der Waals surface area contributed by atoms with E-state index in [-0.39, 0.29) is 5.91 Å². The molecule has 0 radical (unpaired) electrons. The molecule has 1 N–H and O–H groups in total. The van der Waals surface area contributed by atoms with E-state index in [9.17, 15) is 4.79 Å². The second kappa shape index (κ2) is 7.51. The monoisotopic (exact) mass is 299 g/mol. The van der Waals surface area contributed by atoms with Crippen LogP contribution in [0.15, 0.2) is 42.7 Å². The van der Waals surface area contributed by atoms with E-state index in [0.717, 1.165) is 23.5 Å². The van der Waals surface area contributed by atoms with Gasteiger partial charge < -0.3 is 10.2 Å². The Morgan fingerprint density at radius 1 is 1.41 bits per heavy atom. The number of carbonyl (C=O) groups is 1. The fraction of sp³-hybridized carbons (Fsp3) is 0.312. The van der Waals surface area contributed by atoms with E-state index in [0.29, 0.717) is 6.54 Å². The Balaban J connectivity index is 2.02. The van der Waals surface area contributed by atoms with Crippen molar-refractivity contribution in [3.05, 3.63) is 48.3 Å². The van der Waals surface area contributed by atoms with Crippen molar-refractivity contribution in [2.45, 2.75) is 6.54 Å². The first-order valence-electron chi connectivity index (χ1n) is 7.09. The van der Waals surface area contributed by atoms with Gasteiger partial charge in [0.1, 0.15) is 5.69 Å². The molecule has 2 aromatic rings. The lowest BCUT2D eigenvalue weighted by atomic mass is 10.2. The number of hydrogen-bond acceptors (Lipinski definition) is 4. The number of hydrogen-bond donors (Lipinski definition) is 1. The molecule has 0 aliphatic carbocycles. The predicted octanol–water partition coefficient (Wildman–Crippen LogP) is 1.22. The molecule has 22 heavy (non-hydrogen) atoms. The van der Waals surface area contributed by atoms with Crippen molar-refractivity contribution < 1.29 is 4.79 Å². The van der Waals surface area contributed by atoms with Gasteiger partial charge in [-0.1, -0.05) is 12.1 Å². The minimum absolute atomic E-state index is 0.113. The van der Waals surface area contributed by atoms with Gasteiger partial charge in [0, 0.05) is 44.2 Å². The Bertz CT molecular complexity index is 646. The van der Waals surface area contributed by atoms with Crippen LogP contribution in [0.4, 0.5) is 0 Å². The summed E-state index contributed by atoms with van der Waals surface area (Å²) in [6.45, 7) is 1.16. The van der Waals surface area contributed by atoms with Gasteiger partial charge in [-0.2, -0.15) is 5.10 Å². The molecule has 0 fully saturated rings. The molecule has 6 nitrogen and oxygen atoms in total. The van der Waals surface area contributed by atoms with Gasteiger partial charge in [-0.3, -0.25) is 14.5 Å². The van der Waals surface area contributed by atoms with Crippen LogP contribution in [0.5, 0.6) is 0 Å². The number of likely N-dealkylation sites (N-methyl/N-ethyl adjacent to an activating group) is 1. The summed E-state index contributed by atoms with van der Waals surface area (Å²) in [5.74, 6) is -0.113. The summed E-state index contributed by atoms with van der Waals surface area (Å²) < 4.78 is 1.73. The molecule has 0 spiro atoms. The molecule has 6 heteroatoms. The Hall–Kier alpha value is -2.47. The maximum Gasteiger partial charge on any atom is 0.243 e. The molecule has 0 atom stereocenters. The van der Waals surface area contributed by atoms with E-state index in [2.05, 4.69) is 15.4 Å². The Labute approximate surface area is 130 Å². The summed E-state index contributed by atoms with van der Waals surface area (Å²) in [6, 6.07) is 5.69. The normalized spacial score (nSPS) is 11.3. The van der Waals surface area contributed by atoms with Crippen molar-refractivity contribution in [1.82, 2.24) is 25.0 Å². The molecule has 2 heterocycles. The highest BCUT2D eigenvalue weighted by atomic mass is 16.1. The summed E-state index contributed by atoms with van der Waals surface area (Å²) in [5.41, 5.74) is 2.53. The third-order valence-corrected chi connectivity index (χ3v) is 3.00. The van der Waals surface area contributed by atoms with E-state index < -0.39 is 0 Å². The van der Waals surface area contributed by atoms with Gasteiger partial charge in [-0.15, -0.1) is 0 Å². The highest BCUT2D eigenvalue weighted by Gasteiger charge is 2.11. The van der Waals surface area contributed by atoms with Crippen LogP contribution >= 0.6 is 0 Å². The number of aryl methyl sites for hydroxylation is 1. The third-order valence-electron chi connectivity index (χ3n) is 3.00. The minimum Gasteiger partial charge on any atom is -0.348 e. The fourth-order valence-corrected chi connectivity index (χ4v) is 2.00. The lowest BCUT2D eigenvalue weighted by molar-refractivity contribution is -0.116. The van der Waals surface area contributed by atoms with Crippen LogP contribution in [0, 0.1) is 0 Å². The number of aromatic nitrogens is 3. The van der Waals surface area contributed by atoms with Crippen molar-refractivity contribution in [3.63, 3.8) is 0 Å². The van der Waals surface area contributed by atoms with Crippen LogP contribution in [0.2, 0.25) is 0 Å². The van der Waals surface area contributed by atoms with E-state index in [1.54, 1.807) is 17.0 Å². The smallest absolute Gasteiger partial charge is 0.243 e. The molecule has 116 valence electrons. The number of pyridine rings is 1. The van der Waals surface area contributed by atoms with Crippen molar-refractivity contribution in [2.75, 3.05) is 20.6 Å². The SMILES string of the molecule is CN(C)C/C=C/C(=O)NCc1cn(C)nc1-c1ccccn1. The van der Waals surface area contributed by atoms with Gasteiger partial charge in [0.25, 0.3) is 0 Å². The molecule has 0 aromatic carbocycles. The third kappa shape index (κ3) is 4.53. The first kappa shape index (κ1) is 15.9. The molecule has 0 saturated carbocycles. The highest BCUT2D eigenvalue weighted by molar-refractivity contribution is 5.87. The summed E-state index contributed by atoms with van der Waals surface area (Å²) in [6.07, 6.45) is 7.01. The van der Waals surface area contributed by atoms with Crippen LogP contribution in [0.3, 0.4) is 0 Å². The molecule has 0 unspecified atom stereocenters. The van der Waals surface area contributed by atoms with Gasteiger partial charge in [0.15, 0.2) is 0 Å². The van der Waals surface area contributed by atoms with E-state index in [1.807, 2.05) is 56.5 Å². The molecule has 0 bridgehead atoms. The molecule has 0 aliphatic rings. The maximum atomic E-state index is 11.8. The Morgan fingerprint density at radius 3 is 2.91 bits per heavy atom. The summed E-state index contributed by atoms with van der Waals surface area (Å²) >= 11 is 0. The highest BCUT2D eigenvalue weighted by Crippen LogP contribution is 2.19. The summed E-state index contributed by atoms with van der Waals surface area (Å²) in [7, 11) is 5.77. The van der Waals surface area contributed by atoms with Crippen molar-refractivity contribution in [1.29, 1.82) is 0 Å². The Morgan fingerprint density at radius 2 is 2.23 bits per heavy atom. The van der Waals surface area contributed by atoms with Gasteiger partial charge >= 0.3 is 0 Å². The van der Waals surface area contributed by atoms with Crippen molar-refractivity contribution in [2.24, 2.45) is 7.05 Å². The summed E-state index contributed by atoms with van der Waals surface area (Å²) in [4.78, 5) is 18.1. The largest absolute Gasteiger partial charge is 0.348 e. The van der Waals surface area contributed by atoms with Crippen molar-refractivity contribution >= 4 is 5.91 Å². The number of nitrogens with zero attached hydrogens (tertiary/aromatic N) is 4. The fourth-order valence-electron chi connectivity index (χ4n) is 2.00. The van der Waals surface area contributed by atoms with E-state index >= 15 is 0 Å². The zero-order valence-electron chi connectivity index (χ0n) is 13.2. The number of carbonyl (C=O) groups excluding carboxylic acids is 1. The average Bonchev–Trinajstić information content (AvgIpc) is 2.87. The van der Waals surface area contributed by atoms with Gasteiger partial charge in [-0.25, -0.2) is 0 Å². The van der Waals surface area contributed by atoms with E-state index in [1.165, 1.54) is 0 Å². The van der Waals surface area contributed by atoms with Gasteiger partial charge in [-0.05, 0) is 26.2 Å². The quantitative estimate of drug-likeness (QED) is 0.815. The minimum atomic E-state index is -0.113. The van der Waals surface area contributed by atoms with Crippen LogP contribution in [-0.2, 0) is 18.4 Å². The zero-order chi connectivity index (χ0) is 15.9. The molecule has 1 amide bonds. The molecular weight excluding hydrogens is 278 g/mol. The number of nitrogens with one attached hydrogen (secondary N) is 1. The topological polar surface area (TPSA) is 63.1 Å². The first-order chi connectivity index (χ1) is 10.6. The maximum absolute atomic E-state index is 11.8. The van der Waals surface area contributed by atoms with Crippen LogP contribution in [0.25, 0.3) is 11.4 Å². The van der Waals surface area contributed by atoms with Crippen molar-refractivity contribution in [3.8, 4) is 11.4 Å². The van der Waals surface area contributed by atoms with Crippen LogP contribution in [0.1, 0.15) is 5.56 Å². The van der Waals surface area contributed by atoms with Gasteiger partial charge in [0.2, 0.25) is 5.91 Å². The van der Waals surface area contributed by atoms with Crippen LogP contribution < -0.4 is 5.32 Å². The molecule has 2 rings (SSSR count). The van der Waals surface area contributed by atoms with E-state index in [4.69, 9.17) is 0 Å². The zero-order valence-corrected chi connectivity index (χ0v) is 13.2. The predicted molar refractivity (Wildman–Crippen MR) is 86.0 cm³/mol. The standard InChI is InChI=1S/C16H21N5O/c1-20(2)10-6-8-15(22)18-11-13-12-21(3)19-16(13)14-7-4-5-9-17-14/h4-9,12H,10-11H2,1-3H3,(H,18,22)/b8-6+. The lowest BCUT2D eigenvalue weighted by Crippen LogP contribution is -2.21. The first-order valence-corrected chi connectivity index (χ1v) is 7.09. The molecule has 0 saturated heterocycles. The van der Waals surface area contributed by atoms with Gasteiger partial charge in [0.05, 0.1) is 5.69 Å². The number of amides is 1. The Kier molecular flexibility index (Phi) is 5.43. The second-order valence-electron chi connectivity index (χ2n) is 5.27.